The number of alkyl halides is 3. The number of aromatic nitrogens is 1. The lowest BCUT2D eigenvalue weighted by atomic mass is 9.83. The van der Waals surface area contributed by atoms with E-state index in [4.69, 9.17) is 4.74 Å². The molecule has 1 aliphatic heterocycles. The van der Waals surface area contributed by atoms with E-state index in [0.717, 1.165) is 11.8 Å². The first-order chi connectivity index (χ1) is 16.9. The highest BCUT2D eigenvalue weighted by Gasteiger charge is 2.41. The van der Waals surface area contributed by atoms with Gasteiger partial charge in [0.2, 0.25) is 5.88 Å². The molecule has 2 aromatic rings. The zero-order valence-corrected chi connectivity index (χ0v) is 22.3. The predicted molar refractivity (Wildman–Crippen MR) is 135 cm³/mol. The summed E-state index contributed by atoms with van der Waals surface area (Å²) in [7, 11) is 1.49. The Morgan fingerprint density at radius 3 is 2.31 bits per heavy atom. The van der Waals surface area contributed by atoms with Crippen molar-refractivity contribution in [3.63, 3.8) is 0 Å². The Balaban J connectivity index is 2.53. The van der Waals surface area contributed by atoms with Crippen LogP contribution in [-0.2, 0) is 10.9 Å². The van der Waals surface area contributed by atoms with Crippen molar-refractivity contribution in [1.82, 2.24) is 4.98 Å². The number of nitrogens with zero attached hydrogens (tertiary/aromatic N) is 2. The second kappa shape index (κ2) is 10.9. The third-order valence-corrected chi connectivity index (χ3v) is 7.65. The molecule has 3 rings (SSSR count). The molecule has 9 heteroatoms. The number of hydrogen-bond acceptors (Lipinski definition) is 4. The monoisotopic (exact) mass is 526 g/mol. The normalized spacial score (nSPS) is 19.2. The SMILES string of the molecule is CCC(CC)c1nc(-c2cc(SC)c(C)c(F)c2C(F)(F)F)c(F)c2c1/C(C)=N\C(OC)=C\CC2C. The smallest absolute Gasteiger partial charge is 0.419 e. The van der Waals surface area contributed by atoms with E-state index in [1.54, 1.807) is 26.2 Å². The van der Waals surface area contributed by atoms with Crippen LogP contribution in [0.15, 0.2) is 27.9 Å². The lowest BCUT2D eigenvalue weighted by Gasteiger charge is -2.27. The molecule has 1 unspecified atom stereocenters. The van der Waals surface area contributed by atoms with Crippen molar-refractivity contribution in [1.29, 1.82) is 0 Å². The van der Waals surface area contributed by atoms with Crippen LogP contribution in [0.25, 0.3) is 11.3 Å². The van der Waals surface area contributed by atoms with Gasteiger partial charge in [-0.25, -0.2) is 18.8 Å². The van der Waals surface area contributed by atoms with Gasteiger partial charge in [0.1, 0.15) is 17.1 Å². The molecule has 0 N–H and O–H groups in total. The van der Waals surface area contributed by atoms with E-state index in [1.807, 2.05) is 13.8 Å². The second-order valence-corrected chi connectivity index (χ2v) is 9.83. The molecule has 36 heavy (non-hydrogen) atoms. The number of methoxy groups -OCH3 is 1. The van der Waals surface area contributed by atoms with Crippen LogP contribution in [-0.4, -0.2) is 24.1 Å². The maximum atomic E-state index is 16.4. The number of allylic oxidation sites excluding steroid dienone is 1. The fourth-order valence-electron chi connectivity index (χ4n) is 4.79. The van der Waals surface area contributed by atoms with Crippen LogP contribution in [0.4, 0.5) is 22.0 Å². The first-order valence-electron chi connectivity index (χ1n) is 11.9. The number of benzene rings is 1. The van der Waals surface area contributed by atoms with Gasteiger partial charge in [0, 0.05) is 27.5 Å². The largest absolute Gasteiger partial charge is 0.481 e. The molecule has 196 valence electrons. The van der Waals surface area contributed by atoms with E-state index >= 15 is 8.78 Å². The van der Waals surface area contributed by atoms with Gasteiger partial charge in [-0.1, -0.05) is 20.8 Å². The summed E-state index contributed by atoms with van der Waals surface area (Å²) in [6.07, 6.45) is -0.0274. The third-order valence-electron chi connectivity index (χ3n) is 6.78. The van der Waals surface area contributed by atoms with Crippen LogP contribution in [0, 0.1) is 18.6 Å². The van der Waals surface area contributed by atoms with Gasteiger partial charge in [-0.2, -0.15) is 13.2 Å². The van der Waals surface area contributed by atoms with Crippen LogP contribution in [0.2, 0.25) is 0 Å². The van der Waals surface area contributed by atoms with Crippen molar-refractivity contribution in [2.24, 2.45) is 4.99 Å². The Morgan fingerprint density at radius 1 is 1.14 bits per heavy atom. The molecule has 0 amide bonds. The fraction of sp³-hybridized carbons (Fsp3) is 0.481. The highest BCUT2D eigenvalue weighted by atomic mass is 32.2. The lowest BCUT2D eigenvalue weighted by Crippen LogP contribution is -2.20. The summed E-state index contributed by atoms with van der Waals surface area (Å²) in [6, 6.07) is 1.21. The maximum absolute atomic E-state index is 16.4. The van der Waals surface area contributed by atoms with E-state index < -0.39 is 40.5 Å². The Kier molecular flexibility index (Phi) is 8.53. The third kappa shape index (κ3) is 5.04. The standard InChI is InChI=1S/C27H31F5N2OS/c1-8-16(9-2)25-21-15(5)33-19(35-6)11-10-13(3)20(21)24(29)26(34-25)17-12-18(36-7)14(4)23(28)22(17)27(30,31)32/h11-13,16H,8-10H2,1-7H3/b19-11-,33-15-. The Labute approximate surface area is 213 Å². The van der Waals surface area contributed by atoms with Gasteiger partial charge >= 0.3 is 6.18 Å². The molecule has 1 aliphatic rings. The van der Waals surface area contributed by atoms with Crippen molar-refractivity contribution in [2.75, 3.05) is 13.4 Å². The van der Waals surface area contributed by atoms with Crippen LogP contribution < -0.4 is 0 Å². The molecule has 1 aromatic carbocycles. The average molecular weight is 527 g/mol. The van der Waals surface area contributed by atoms with E-state index in [0.29, 0.717) is 47.0 Å². The van der Waals surface area contributed by atoms with Gasteiger partial charge in [0.05, 0.1) is 18.5 Å². The minimum Gasteiger partial charge on any atom is -0.481 e. The van der Waals surface area contributed by atoms with Gasteiger partial charge < -0.3 is 4.74 Å². The molecule has 2 heterocycles. The van der Waals surface area contributed by atoms with E-state index in [2.05, 4.69) is 9.98 Å². The number of thioether (sulfide) groups is 1. The van der Waals surface area contributed by atoms with E-state index in [9.17, 15) is 13.2 Å². The molecule has 0 radical (unpaired) electrons. The van der Waals surface area contributed by atoms with Crippen LogP contribution in [0.3, 0.4) is 0 Å². The van der Waals surface area contributed by atoms with Gasteiger partial charge in [-0.15, -0.1) is 11.8 Å². The highest BCUT2D eigenvalue weighted by molar-refractivity contribution is 7.98. The summed E-state index contributed by atoms with van der Waals surface area (Å²) in [5.74, 6) is -2.46. The topological polar surface area (TPSA) is 34.5 Å². The minimum atomic E-state index is -5.03. The number of fused-ring (bicyclic) bond motifs is 1. The second-order valence-electron chi connectivity index (χ2n) is 8.98. The van der Waals surface area contributed by atoms with Crippen LogP contribution >= 0.6 is 11.8 Å². The number of halogens is 5. The summed E-state index contributed by atoms with van der Waals surface area (Å²) < 4.78 is 79.4. The van der Waals surface area contributed by atoms with Gasteiger partial charge in [0.15, 0.2) is 5.82 Å². The molecule has 0 spiro atoms. The molecule has 1 atom stereocenters. The molecular formula is C27H31F5N2OS. The maximum Gasteiger partial charge on any atom is 0.419 e. The van der Waals surface area contributed by atoms with Gasteiger partial charge in [-0.3, -0.25) is 0 Å². The molecule has 3 nitrogen and oxygen atoms in total. The van der Waals surface area contributed by atoms with Gasteiger partial charge in [0.25, 0.3) is 0 Å². The van der Waals surface area contributed by atoms with E-state index in [-0.39, 0.29) is 17.0 Å². The van der Waals surface area contributed by atoms with E-state index in [1.165, 1.54) is 20.1 Å². The highest BCUT2D eigenvalue weighted by Crippen LogP contribution is 2.45. The predicted octanol–water partition coefficient (Wildman–Crippen LogP) is 8.78. The number of rotatable bonds is 6. The summed E-state index contributed by atoms with van der Waals surface area (Å²) in [5.41, 5.74) is -1.00. The number of pyridine rings is 1. The summed E-state index contributed by atoms with van der Waals surface area (Å²) in [5, 5.41) is 0. The summed E-state index contributed by atoms with van der Waals surface area (Å²) in [4.78, 5) is 9.33. The summed E-state index contributed by atoms with van der Waals surface area (Å²) in [6.45, 7) is 8.71. The van der Waals surface area contributed by atoms with Crippen molar-refractivity contribution < 1.29 is 26.7 Å². The first kappa shape index (κ1) is 28.2. The molecule has 0 aliphatic carbocycles. The molecule has 0 fully saturated rings. The lowest BCUT2D eigenvalue weighted by molar-refractivity contribution is -0.139. The number of ether oxygens (including phenoxy) is 1. The summed E-state index contributed by atoms with van der Waals surface area (Å²) >= 11 is 1.10. The van der Waals surface area contributed by atoms with Crippen molar-refractivity contribution in [3.05, 3.63) is 57.6 Å². The Morgan fingerprint density at radius 2 is 1.78 bits per heavy atom. The molecule has 1 aromatic heterocycles. The van der Waals surface area contributed by atoms with Crippen LogP contribution in [0.5, 0.6) is 0 Å². The zero-order valence-electron chi connectivity index (χ0n) is 21.5. The number of aliphatic imine (C=N–C) groups is 1. The quantitative estimate of drug-likeness (QED) is 0.279. The molecule has 0 saturated heterocycles. The molecular weight excluding hydrogens is 495 g/mol. The van der Waals surface area contributed by atoms with Crippen molar-refractivity contribution in [2.45, 2.75) is 76.8 Å². The average Bonchev–Trinajstić information content (AvgIpc) is 2.82. The van der Waals surface area contributed by atoms with Crippen molar-refractivity contribution >= 4 is 17.5 Å². The fourth-order valence-corrected chi connectivity index (χ4v) is 5.42. The first-order valence-corrected chi connectivity index (χ1v) is 13.1. The minimum absolute atomic E-state index is 0.126. The van der Waals surface area contributed by atoms with Crippen molar-refractivity contribution in [3.8, 4) is 11.3 Å². The zero-order chi connectivity index (χ0) is 26.9. The Hall–Kier alpha value is -2.42. The molecule has 0 bridgehead atoms. The Bertz CT molecular complexity index is 1220. The number of hydrogen-bond donors (Lipinski definition) is 0. The van der Waals surface area contributed by atoms with Gasteiger partial charge in [-0.05, 0) is 63.0 Å². The van der Waals surface area contributed by atoms with Crippen LogP contribution in [0.1, 0.15) is 86.7 Å². The molecule has 0 saturated carbocycles.